The normalized spacial score (nSPS) is 10.9. The van der Waals surface area contributed by atoms with E-state index in [0.717, 1.165) is 11.6 Å². The highest BCUT2D eigenvalue weighted by Gasteiger charge is 2.15. The summed E-state index contributed by atoms with van der Waals surface area (Å²) in [6, 6.07) is 14.1. The predicted octanol–water partition coefficient (Wildman–Crippen LogP) is 3.87. The highest BCUT2D eigenvalue weighted by molar-refractivity contribution is 6.30. The van der Waals surface area contributed by atoms with Gasteiger partial charge in [-0.15, -0.1) is 0 Å². The van der Waals surface area contributed by atoms with Crippen molar-refractivity contribution in [1.29, 1.82) is 0 Å². The van der Waals surface area contributed by atoms with Crippen molar-refractivity contribution in [2.75, 3.05) is 0 Å². The summed E-state index contributed by atoms with van der Waals surface area (Å²) >= 11 is 5.63. The second kappa shape index (κ2) is 8.65. The van der Waals surface area contributed by atoms with Gasteiger partial charge in [0.15, 0.2) is 0 Å². The van der Waals surface area contributed by atoms with Gasteiger partial charge in [0.2, 0.25) is 0 Å². The lowest BCUT2D eigenvalue weighted by Crippen LogP contribution is -2.26. The number of pyridine rings is 3. The molecule has 0 saturated heterocycles. The van der Waals surface area contributed by atoms with Crippen molar-refractivity contribution in [3.05, 3.63) is 105 Å². The fraction of sp³-hybridized carbons (Fsp3) is 0.130. The first-order valence-electron chi connectivity index (χ1n) is 9.55. The van der Waals surface area contributed by atoms with Gasteiger partial charge in [0.25, 0.3) is 11.5 Å². The van der Waals surface area contributed by atoms with Gasteiger partial charge in [0.05, 0.1) is 46.0 Å². The van der Waals surface area contributed by atoms with E-state index < -0.39 is 11.7 Å². The molecule has 3 aromatic heterocycles. The van der Waals surface area contributed by atoms with Crippen molar-refractivity contribution in [1.82, 2.24) is 19.9 Å². The van der Waals surface area contributed by atoms with Gasteiger partial charge in [0, 0.05) is 12.4 Å². The van der Waals surface area contributed by atoms with E-state index in [2.05, 4.69) is 15.3 Å². The minimum Gasteiger partial charge on any atom is -0.346 e. The Balaban J connectivity index is 1.61. The van der Waals surface area contributed by atoms with Crippen molar-refractivity contribution in [3.63, 3.8) is 0 Å². The van der Waals surface area contributed by atoms with Crippen LogP contribution >= 0.6 is 11.6 Å². The number of fused-ring (bicyclic) bond motifs is 1. The summed E-state index contributed by atoms with van der Waals surface area (Å²) in [6.07, 6.45) is 2.89. The first-order valence-corrected chi connectivity index (χ1v) is 9.93. The van der Waals surface area contributed by atoms with Crippen molar-refractivity contribution in [2.45, 2.75) is 20.0 Å². The van der Waals surface area contributed by atoms with Gasteiger partial charge >= 0.3 is 0 Å². The first kappa shape index (κ1) is 20.7. The topological polar surface area (TPSA) is 76.9 Å². The van der Waals surface area contributed by atoms with Crippen LogP contribution in [0.1, 0.15) is 27.3 Å². The highest BCUT2D eigenvalue weighted by atomic mass is 35.5. The first-order chi connectivity index (χ1) is 14.9. The number of hydrogen-bond donors (Lipinski definition) is 1. The molecule has 1 amide bonds. The molecule has 3 heterocycles. The third-order valence-corrected chi connectivity index (χ3v) is 5.16. The molecule has 31 heavy (non-hydrogen) atoms. The van der Waals surface area contributed by atoms with Gasteiger partial charge in [-0.2, -0.15) is 0 Å². The minimum atomic E-state index is -0.608. The Kier molecular flexibility index (Phi) is 5.77. The van der Waals surface area contributed by atoms with Crippen LogP contribution in [0.5, 0.6) is 0 Å². The van der Waals surface area contributed by atoms with E-state index in [-0.39, 0.29) is 22.7 Å². The van der Waals surface area contributed by atoms with Gasteiger partial charge in [-0.25, -0.2) is 4.39 Å². The smallest absolute Gasteiger partial charge is 0.260 e. The molecule has 8 heteroatoms. The lowest BCUT2D eigenvalue weighted by Gasteiger charge is -2.11. The predicted molar refractivity (Wildman–Crippen MR) is 117 cm³/mol. The Labute approximate surface area is 182 Å². The van der Waals surface area contributed by atoms with E-state index in [1.807, 2.05) is 30.3 Å². The summed E-state index contributed by atoms with van der Waals surface area (Å²) in [5.74, 6) is -1.04. The molecule has 6 nitrogen and oxygen atoms in total. The molecule has 0 unspecified atom stereocenters. The monoisotopic (exact) mass is 436 g/mol. The molecule has 4 rings (SSSR count). The third kappa shape index (κ3) is 4.46. The summed E-state index contributed by atoms with van der Waals surface area (Å²) in [4.78, 5) is 34.1. The van der Waals surface area contributed by atoms with Crippen molar-refractivity contribution in [2.24, 2.45) is 0 Å². The maximum atomic E-state index is 13.6. The average Bonchev–Trinajstić information content (AvgIpc) is 2.77. The van der Waals surface area contributed by atoms with E-state index in [0.29, 0.717) is 28.8 Å². The Morgan fingerprint density at radius 1 is 1.19 bits per heavy atom. The van der Waals surface area contributed by atoms with Gasteiger partial charge in [-0.1, -0.05) is 41.9 Å². The molecular formula is C23H18ClFN4O2. The Morgan fingerprint density at radius 2 is 1.97 bits per heavy atom. The van der Waals surface area contributed by atoms with Crippen LogP contribution in [0.15, 0.2) is 65.7 Å². The van der Waals surface area contributed by atoms with E-state index in [1.165, 1.54) is 6.20 Å². The molecule has 0 aliphatic carbocycles. The van der Waals surface area contributed by atoms with Crippen molar-refractivity contribution in [3.8, 4) is 0 Å². The van der Waals surface area contributed by atoms with Crippen LogP contribution in [-0.2, 0) is 13.1 Å². The van der Waals surface area contributed by atoms with Crippen molar-refractivity contribution >= 4 is 28.4 Å². The van der Waals surface area contributed by atoms with Crippen LogP contribution in [0.2, 0.25) is 5.02 Å². The number of aromatic nitrogens is 3. The number of carbonyl (C=O) groups excluding carboxylic acids is 1. The number of carbonyl (C=O) groups is 1. The maximum absolute atomic E-state index is 13.6. The van der Waals surface area contributed by atoms with Gasteiger partial charge < -0.3 is 9.88 Å². The number of halogens is 2. The summed E-state index contributed by atoms with van der Waals surface area (Å²) in [5, 5.41) is 2.95. The number of hydrogen-bond acceptors (Lipinski definition) is 4. The zero-order valence-electron chi connectivity index (χ0n) is 16.6. The fourth-order valence-electron chi connectivity index (χ4n) is 3.26. The summed E-state index contributed by atoms with van der Waals surface area (Å²) in [6.45, 7) is 2.13. The molecule has 0 fully saturated rings. The summed E-state index contributed by atoms with van der Waals surface area (Å²) in [5.41, 5.74) is 2.36. The zero-order valence-corrected chi connectivity index (χ0v) is 17.4. The average molecular weight is 437 g/mol. The molecule has 1 N–H and O–H groups in total. The van der Waals surface area contributed by atoms with Crippen molar-refractivity contribution < 1.29 is 9.18 Å². The molecule has 0 aliphatic heterocycles. The molecule has 0 bridgehead atoms. The number of rotatable bonds is 5. The molecule has 156 valence electrons. The Morgan fingerprint density at radius 3 is 2.71 bits per heavy atom. The molecule has 0 radical (unpaired) electrons. The second-order valence-electron chi connectivity index (χ2n) is 7.06. The molecule has 0 aliphatic rings. The summed E-state index contributed by atoms with van der Waals surface area (Å²) in [7, 11) is 0. The second-order valence-corrected chi connectivity index (χ2v) is 7.47. The lowest BCUT2D eigenvalue weighted by molar-refractivity contribution is 0.0949. The minimum absolute atomic E-state index is 0.0113. The summed E-state index contributed by atoms with van der Waals surface area (Å²) < 4.78 is 15.2. The van der Waals surface area contributed by atoms with Crippen LogP contribution in [0.3, 0.4) is 0 Å². The Bertz CT molecular complexity index is 1340. The molecule has 0 atom stereocenters. The van der Waals surface area contributed by atoms with E-state index in [1.54, 1.807) is 29.8 Å². The zero-order chi connectivity index (χ0) is 22.0. The van der Waals surface area contributed by atoms with Crippen LogP contribution in [0.4, 0.5) is 4.39 Å². The molecule has 0 saturated carbocycles. The Hall–Kier alpha value is -3.58. The SMILES string of the molecule is Cc1nc2ccn(Cc3ccccc3)c(=O)c2cc1C(=O)NCc1cc(F)c(Cl)cn1. The lowest BCUT2D eigenvalue weighted by atomic mass is 10.1. The maximum Gasteiger partial charge on any atom is 0.260 e. The number of amides is 1. The number of nitrogens with zero attached hydrogens (tertiary/aromatic N) is 3. The van der Waals surface area contributed by atoms with Crippen LogP contribution in [0.25, 0.3) is 10.9 Å². The number of benzene rings is 1. The van der Waals surface area contributed by atoms with E-state index >= 15 is 0 Å². The number of aryl methyl sites for hydroxylation is 1. The standard InChI is InChI=1S/C23H18ClFN4O2/c1-14-17(22(30)27-11-16-9-20(25)19(24)12-26-16)10-18-21(28-14)7-8-29(23(18)31)13-15-5-3-2-4-6-15/h2-10,12H,11,13H2,1H3,(H,27,30). The van der Waals surface area contributed by atoms with Crippen LogP contribution in [-0.4, -0.2) is 20.4 Å². The fourth-order valence-corrected chi connectivity index (χ4v) is 3.36. The number of nitrogens with one attached hydrogen (secondary N) is 1. The molecule has 0 spiro atoms. The van der Waals surface area contributed by atoms with Crippen LogP contribution < -0.4 is 10.9 Å². The van der Waals surface area contributed by atoms with Crippen LogP contribution in [0, 0.1) is 12.7 Å². The van der Waals surface area contributed by atoms with Gasteiger partial charge in [0.1, 0.15) is 5.82 Å². The quantitative estimate of drug-likeness (QED) is 0.515. The molecule has 1 aromatic carbocycles. The third-order valence-electron chi connectivity index (χ3n) is 4.88. The highest BCUT2D eigenvalue weighted by Crippen LogP contribution is 2.15. The molecular weight excluding hydrogens is 419 g/mol. The van der Waals surface area contributed by atoms with Gasteiger partial charge in [-0.05, 0) is 30.7 Å². The van der Waals surface area contributed by atoms with Gasteiger partial charge in [-0.3, -0.25) is 19.6 Å². The largest absolute Gasteiger partial charge is 0.346 e. The van der Waals surface area contributed by atoms with E-state index in [9.17, 15) is 14.0 Å². The molecule has 4 aromatic rings. The van der Waals surface area contributed by atoms with E-state index in [4.69, 9.17) is 11.6 Å².